The fourth-order valence-corrected chi connectivity index (χ4v) is 5.29. The highest BCUT2D eigenvalue weighted by molar-refractivity contribution is 5.98. The molecular formula is C29H39FN4O3. The molecule has 3 heterocycles. The van der Waals surface area contributed by atoms with E-state index in [4.69, 9.17) is 10.5 Å². The van der Waals surface area contributed by atoms with Crippen molar-refractivity contribution in [3.63, 3.8) is 0 Å². The van der Waals surface area contributed by atoms with Crippen LogP contribution >= 0.6 is 0 Å². The standard InChI is InChI=1S/C29H39FN4O3/c1-3-29(30,4-2)20-33-16-13-21(14-17-33)19-37-24-11-12-25(32-18-24)22-7-9-23(10-8-22)28(36)34-15-5-6-26(34)27(31)35/h7-12,18,21,26H,3-6,13-17,19-20H2,1-2H3,(H2,31,35). The molecule has 1 atom stereocenters. The van der Waals surface area contributed by atoms with Gasteiger partial charge >= 0.3 is 0 Å². The van der Waals surface area contributed by atoms with Crippen LogP contribution in [0, 0.1) is 5.92 Å². The number of hydrogen-bond donors (Lipinski definition) is 1. The summed E-state index contributed by atoms with van der Waals surface area (Å²) in [5.74, 6) is 0.564. The lowest BCUT2D eigenvalue weighted by molar-refractivity contribution is -0.121. The molecule has 1 aromatic carbocycles. The van der Waals surface area contributed by atoms with Crippen molar-refractivity contribution in [2.75, 3.05) is 32.8 Å². The fraction of sp³-hybridized carbons (Fsp3) is 0.552. The van der Waals surface area contributed by atoms with Crippen molar-refractivity contribution in [1.82, 2.24) is 14.8 Å². The second-order valence-electron chi connectivity index (χ2n) is 10.4. The van der Waals surface area contributed by atoms with Gasteiger partial charge in [0, 0.05) is 24.2 Å². The summed E-state index contributed by atoms with van der Waals surface area (Å²) in [5.41, 5.74) is 6.59. The first-order chi connectivity index (χ1) is 17.8. The van der Waals surface area contributed by atoms with Crippen LogP contribution in [-0.4, -0.2) is 71.1 Å². The molecule has 200 valence electrons. The van der Waals surface area contributed by atoms with Crippen molar-refractivity contribution in [3.05, 3.63) is 48.2 Å². The van der Waals surface area contributed by atoms with Gasteiger partial charge in [0.15, 0.2) is 0 Å². The van der Waals surface area contributed by atoms with Gasteiger partial charge in [-0.1, -0.05) is 26.0 Å². The Bertz CT molecular complexity index is 1050. The van der Waals surface area contributed by atoms with Crippen molar-refractivity contribution in [2.24, 2.45) is 11.7 Å². The van der Waals surface area contributed by atoms with E-state index < -0.39 is 17.6 Å². The first-order valence-electron chi connectivity index (χ1n) is 13.5. The Hall–Kier alpha value is -3.00. The number of hydrogen-bond acceptors (Lipinski definition) is 5. The van der Waals surface area contributed by atoms with Gasteiger partial charge < -0.3 is 20.3 Å². The molecule has 7 nitrogen and oxygen atoms in total. The van der Waals surface area contributed by atoms with Gasteiger partial charge in [0.05, 0.1) is 18.5 Å². The number of pyridine rings is 1. The third-order valence-corrected chi connectivity index (χ3v) is 7.97. The van der Waals surface area contributed by atoms with Gasteiger partial charge in [0.1, 0.15) is 17.5 Å². The molecular weight excluding hydrogens is 471 g/mol. The zero-order valence-electron chi connectivity index (χ0n) is 22.0. The smallest absolute Gasteiger partial charge is 0.254 e. The summed E-state index contributed by atoms with van der Waals surface area (Å²) in [6.07, 6.45) is 6.28. The summed E-state index contributed by atoms with van der Waals surface area (Å²) in [5, 5.41) is 0. The summed E-state index contributed by atoms with van der Waals surface area (Å²) < 4.78 is 20.7. The van der Waals surface area contributed by atoms with Gasteiger partial charge in [0.2, 0.25) is 5.91 Å². The molecule has 2 fully saturated rings. The molecule has 0 saturated carbocycles. The number of likely N-dealkylation sites (tertiary alicyclic amines) is 2. The van der Waals surface area contributed by atoms with Gasteiger partial charge in [0.25, 0.3) is 5.91 Å². The van der Waals surface area contributed by atoms with Crippen LogP contribution in [0.4, 0.5) is 4.39 Å². The van der Waals surface area contributed by atoms with Crippen molar-refractivity contribution in [1.29, 1.82) is 0 Å². The molecule has 4 rings (SSSR count). The normalized spacial score (nSPS) is 19.2. The number of aromatic nitrogens is 1. The number of piperidine rings is 1. The van der Waals surface area contributed by atoms with E-state index in [2.05, 4.69) is 9.88 Å². The molecule has 2 saturated heterocycles. The van der Waals surface area contributed by atoms with Crippen LogP contribution in [0.5, 0.6) is 5.75 Å². The minimum absolute atomic E-state index is 0.171. The number of rotatable bonds is 10. The number of nitrogens with zero attached hydrogens (tertiary/aromatic N) is 3. The number of amides is 2. The number of carbonyl (C=O) groups is 2. The third kappa shape index (κ3) is 6.66. The first kappa shape index (κ1) is 27.0. The lowest BCUT2D eigenvalue weighted by Gasteiger charge is -2.36. The number of nitrogens with two attached hydrogens (primary N) is 1. The summed E-state index contributed by atoms with van der Waals surface area (Å²) >= 11 is 0. The number of ether oxygens (including phenoxy) is 1. The highest BCUT2D eigenvalue weighted by Crippen LogP contribution is 2.27. The van der Waals surface area contributed by atoms with Gasteiger partial charge in [-0.3, -0.25) is 14.6 Å². The quantitative estimate of drug-likeness (QED) is 0.510. The molecule has 8 heteroatoms. The zero-order valence-corrected chi connectivity index (χ0v) is 22.0. The molecule has 0 spiro atoms. The Morgan fingerprint density at radius 3 is 2.35 bits per heavy atom. The first-order valence-corrected chi connectivity index (χ1v) is 13.5. The Morgan fingerprint density at radius 2 is 1.76 bits per heavy atom. The maximum Gasteiger partial charge on any atom is 0.254 e. The van der Waals surface area contributed by atoms with Crippen LogP contribution in [0.15, 0.2) is 42.6 Å². The number of alkyl halides is 1. The average Bonchev–Trinajstić information content (AvgIpc) is 3.43. The highest BCUT2D eigenvalue weighted by atomic mass is 19.1. The molecule has 2 aliphatic rings. The predicted molar refractivity (Wildman–Crippen MR) is 142 cm³/mol. The Balaban J connectivity index is 1.26. The molecule has 37 heavy (non-hydrogen) atoms. The number of benzene rings is 1. The van der Waals surface area contributed by atoms with E-state index in [9.17, 15) is 14.0 Å². The van der Waals surface area contributed by atoms with Crippen molar-refractivity contribution in [2.45, 2.75) is 64.1 Å². The van der Waals surface area contributed by atoms with Crippen LogP contribution in [0.3, 0.4) is 0 Å². The average molecular weight is 511 g/mol. The monoisotopic (exact) mass is 510 g/mol. The van der Waals surface area contributed by atoms with Crippen LogP contribution < -0.4 is 10.5 Å². The largest absolute Gasteiger partial charge is 0.492 e. The molecule has 0 bridgehead atoms. The van der Waals surface area contributed by atoms with Crippen LogP contribution in [0.1, 0.15) is 62.7 Å². The molecule has 1 unspecified atom stereocenters. The van der Waals surface area contributed by atoms with Crippen LogP contribution in [0.25, 0.3) is 11.3 Å². The van der Waals surface area contributed by atoms with Gasteiger partial charge in [-0.05, 0) is 81.8 Å². The van der Waals surface area contributed by atoms with Crippen molar-refractivity contribution < 1.29 is 18.7 Å². The summed E-state index contributed by atoms with van der Waals surface area (Å²) in [7, 11) is 0. The van der Waals surface area contributed by atoms with Crippen LogP contribution in [-0.2, 0) is 4.79 Å². The highest BCUT2D eigenvalue weighted by Gasteiger charge is 2.33. The number of halogens is 1. The molecule has 2 N–H and O–H groups in total. The van der Waals surface area contributed by atoms with E-state index in [1.54, 1.807) is 23.2 Å². The molecule has 0 aliphatic carbocycles. The molecule has 1 aromatic heterocycles. The van der Waals surface area contributed by atoms with Crippen molar-refractivity contribution in [3.8, 4) is 17.0 Å². The second kappa shape index (κ2) is 12.0. The van der Waals surface area contributed by atoms with Gasteiger partial charge in [-0.15, -0.1) is 0 Å². The van der Waals surface area contributed by atoms with E-state index >= 15 is 0 Å². The summed E-state index contributed by atoms with van der Waals surface area (Å²) in [6, 6.07) is 10.6. The fourth-order valence-electron chi connectivity index (χ4n) is 5.29. The zero-order chi connectivity index (χ0) is 26.4. The minimum Gasteiger partial charge on any atom is -0.492 e. The topological polar surface area (TPSA) is 88.8 Å². The van der Waals surface area contributed by atoms with E-state index in [1.807, 2.05) is 38.1 Å². The number of primary amides is 1. The lowest BCUT2D eigenvalue weighted by Crippen LogP contribution is -2.44. The van der Waals surface area contributed by atoms with E-state index in [-0.39, 0.29) is 5.91 Å². The summed E-state index contributed by atoms with van der Waals surface area (Å²) in [6.45, 7) is 7.39. The van der Waals surface area contributed by atoms with E-state index in [0.717, 1.165) is 49.4 Å². The van der Waals surface area contributed by atoms with Crippen LogP contribution in [0.2, 0.25) is 0 Å². The predicted octanol–water partition coefficient (Wildman–Crippen LogP) is 4.46. The molecule has 2 amide bonds. The second-order valence-corrected chi connectivity index (χ2v) is 10.4. The molecule has 2 aromatic rings. The molecule has 2 aliphatic heterocycles. The molecule has 0 radical (unpaired) electrons. The van der Waals surface area contributed by atoms with E-state index in [0.29, 0.717) is 50.4 Å². The Labute approximate surface area is 219 Å². The minimum atomic E-state index is -1.07. The van der Waals surface area contributed by atoms with Crippen molar-refractivity contribution >= 4 is 11.8 Å². The lowest BCUT2D eigenvalue weighted by atomic mass is 9.94. The SMILES string of the molecule is CCC(F)(CC)CN1CCC(COc2ccc(-c3ccc(C(=O)N4CCCC4C(N)=O)cc3)nc2)CC1. The van der Waals surface area contributed by atoms with Gasteiger partial charge in [-0.25, -0.2) is 4.39 Å². The van der Waals surface area contributed by atoms with E-state index in [1.165, 1.54) is 0 Å². The summed E-state index contributed by atoms with van der Waals surface area (Å²) in [4.78, 5) is 32.8. The maximum absolute atomic E-state index is 14.7. The Kier molecular flexibility index (Phi) is 8.79. The Morgan fingerprint density at radius 1 is 1.05 bits per heavy atom. The van der Waals surface area contributed by atoms with Gasteiger partial charge in [-0.2, -0.15) is 0 Å². The maximum atomic E-state index is 14.7. The third-order valence-electron chi connectivity index (χ3n) is 7.97. The number of carbonyl (C=O) groups excluding carboxylic acids is 2.